The lowest BCUT2D eigenvalue weighted by molar-refractivity contribution is 0.272. The van der Waals surface area contributed by atoms with Crippen molar-refractivity contribution in [1.29, 1.82) is 0 Å². The van der Waals surface area contributed by atoms with Crippen LogP contribution in [0.2, 0.25) is 19.6 Å². The molecule has 1 heterocycles. The zero-order chi connectivity index (χ0) is 14.9. The van der Waals surface area contributed by atoms with Crippen molar-refractivity contribution in [2.75, 3.05) is 7.11 Å². The Morgan fingerprint density at radius 1 is 1.35 bits per heavy atom. The van der Waals surface area contributed by atoms with E-state index in [1.807, 2.05) is 0 Å². The van der Waals surface area contributed by atoms with Gasteiger partial charge in [-0.2, -0.15) is 0 Å². The Morgan fingerprint density at radius 3 is 2.55 bits per heavy atom. The van der Waals surface area contributed by atoms with Crippen LogP contribution < -0.4 is 10.1 Å². The molecule has 2 rings (SSSR count). The van der Waals surface area contributed by atoms with Gasteiger partial charge in [0.05, 0.1) is 24.7 Å². The molecule has 2 aromatic rings. The molecule has 0 saturated heterocycles. The number of aromatic nitrogens is 3. The molecule has 0 saturated carbocycles. The minimum Gasteiger partial charge on any atom is -0.494 e. The molecule has 1 N–H and O–H groups in total. The predicted molar refractivity (Wildman–Crippen MR) is 76.8 cm³/mol. The topological polar surface area (TPSA) is 60.2 Å². The highest BCUT2D eigenvalue weighted by molar-refractivity contribution is 6.88. The zero-order valence-corrected chi connectivity index (χ0v) is 13.0. The molecule has 0 radical (unpaired) electrons. The Hall–Kier alpha value is -1.73. The second-order valence-corrected chi connectivity index (χ2v) is 10.5. The van der Waals surface area contributed by atoms with E-state index >= 15 is 0 Å². The van der Waals surface area contributed by atoms with Crippen LogP contribution in [-0.4, -0.2) is 35.3 Å². The molecule has 0 spiro atoms. The lowest BCUT2D eigenvalue weighted by atomic mass is 10.1. The quantitative estimate of drug-likeness (QED) is 0.867. The summed E-state index contributed by atoms with van der Waals surface area (Å²) >= 11 is 0. The Kier molecular flexibility index (Phi) is 3.91. The molecule has 0 unspecified atom stereocenters. The van der Waals surface area contributed by atoms with Gasteiger partial charge < -0.3 is 9.84 Å². The van der Waals surface area contributed by atoms with Crippen molar-refractivity contribution in [3.8, 4) is 11.4 Å². The van der Waals surface area contributed by atoms with Gasteiger partial charge in [-0.15, -0.1) is 5.10 Å². The lowest BCUT2D eigenvalue weighted by Gasteiger charge is -2.12. The van der Waals surface area contributed by atoms with Crippen molar-refractivity contribution in [2.24, 2.45) is 0 Å². The first-order valence-corrected chi connectivity index (χ1v) is 9.78. The van der Waals surface area contributed by atoms with E-state index in [9.17, 15) is 9.50 Å². The maximum absolute atomic E-state index is 14.1. The average Bonchev–Trinajstić information content (AvgIpc) is 2.87. The van der Waals surface area contributed by atoms with Crippen molar-refractivity contribution >= 4 is 13.4 Å². The van der Waals surface area contributed by atoms with E-state index in [1.54, 1.807) is 12.3 Å². The number of methoxy groups -OCH3 is 1. The second-order valence-electron chi connectivity index (χ2n) is 5.54. The first-order valence-electron chi connectivity index (χ1n) is 6.28. The van der Waals surface area contributed by atoms with Gasteiger partial charge in [-0.25, -0.2) is 9.07 Å². The summed E-state index contributed by atoms with van der Waals surface area (Å²) < 4.78 is 20.5. The van der Waals surface area contributed by atoms with Gasteiger partial charge in [-0.05, 0) is 12.1 Å². The summed E-state index contributed by atoms with van der Waals surface area (Å²) in [7, 11) is -0.193. The van der Waals surface area contributed by atoms with Crippen LogP contribution in [0.1, 0.15) is 5.56 Å². The molecule has 0 aliphatic heterocycles. The van der Waals surface area contributed by atoms with Crippen LogP contribution in [0.4, 0.5) is 4.39 Å². The van der Waals surface area contributed by atoms with E-state index < -0.39 is 20.5 Å². The second kappa shape index (κ2) is 5.33. The fraction of sp³-hybridized carbons (Fsp3) is 0.385. The Labute approximate surface area is 118 Å². The summed E-state index contributed by atoms with van der Waals surface area (Å²) in [4.78, 5) is 0. The molecular formula is C13H18FN3O2Si. The van der Waals surface area contributed by atoms with Gasteiger partial charge in [0.15, 0.2) is 11.6 Å². The Morgan fingerprint density at radius 2 is 2.05 bits per heavy atom. The van der Waals surface area contributed by atoms with Crippen LogP contribution in [-0.2, 0) is 6.61 Å². The lowest BCUT2D eigenvalue weighted by Crippen LogP contribution is -2.38. The number of hydrogen-bond acceptors (Lipinski definition) is 4. The molecule has 1 aromatic heterocycles. The Balaban J connectivity index is 2.53. The number of nitrogens with zero attached hydrogens (tertiary/aromatic N) is 3. The maximum Gasteiger partial charge on any atom is 0.172 e. The van der Waals surface area contributed by atoms with E-state index in [0.717, 1.165) is 5.32 Å². The molecule has 20 heavy (non-hydrogen) atoms. The summed E-state index contributed by atoms with van der Waals surface area (Å²) in [6.45, 7) is 6.04. The average molecular weight is 295 g/mol. The molecule has 0 amide bonds. The number of aliphatic hydroxyl groups is 1. The van der Waals surface area contributed by atoms with Gasteiger partial charge in [0.1, 0.15) is 8.07 Å². The number of hydrogen-bond donors (Lipinski definition) is 1. The van der Waals surface area contributed by atoms with Gasteiger partial charge >= 0.3 is 0 Å². The van der Waals surface area contributed by atoms with Gasteiger partial charge in [0.2, 0.25) is 0 Å². The first-order chi connectivity index (χ1) is 9.38. The molecule has 108 valence electrons. The third-order valence-corrected chi connectivity index (χ3v) is 4.84. The van der Waals surface area contributed by atoms with Crippen molar-refractivity contribution < 1.29 is 14.2 Å². The molecule has 0 aliphatic carbocycles. The SMILES string of the molecule is COc1ccc(-n2cc([Si](C)(C)C)nn2)c(CO)c1F. The standard InChI is InChI=1S/C13H18FN3O2Si/c1-19-11-6-5-10(9(8-18)13(11)14)17-7-12(15-16-17)20(2,3)4/h5-7,18H,8H2,1-4H3. The van der Waals surface area contributed by atoms with Crippen molar-refractivity contribution in [2.45, 2.75) is 26.2 Å². The van der Waals surface area contributed by atoms with Gasteiger partial charge in [0, 0.05) is 11.8 Å². The highest BCUT2D eigenvalue weighted by Gasteiger charge is 2.22. The minimum atomic E-state index is -1.58. The van der Waals surface area contributed by atoms with E-state index in [1.165, 1.54) is 17.9 Å². The third kappa shape index (κ3) is 2.59. The number of rotatable bonds is 4. The van der Waals surface area contributed by atoms with Crippen LogP contribution >= 0.6 is 0 Å². The molecule has 7 heteroatoms. The van der Waals surface area contributed by atoms with Gasteiger partial charge in [-0.3, -0.25) is 0 Å². The van der Waals surface area contributed by atoms with E-state index in [2.05, 4.69) is 30.0 Å². The predicted octanol–water partition coefficient (Wildman–Crippen LogP) is 1.45. The van der Waals surface area contributed by atoms with Gasteiger partial charge in [-0.1, -0.05) is 24.9 Å². The molecule has 1 aromatic carbocycles. The van der Waals surface area contributed by atoms with Crippen molar-refractivity contribution in [3.05, 3.63) is 29.7 Å². The molecule has 0 fully saturated rings. The fourth-order valence-electron chi connectivity index (χ4n) is 1.84. The van der Waals surface area contributed by atoms with E-state index in [-0.39, 0.29) is 11.3 Å². The van der Waals surface area contributed by atoms with Crippen LogP contribution in [0, 0.1) is 5.82 Å². The van der Waals surface area contributed by atoms with E-state index in [4.69, 9.17) is 4.74 Å². The molecular weight excluding hydrogens is 277 g/mol. The summed E-state index contributed by atoms with van der Waals surface area (Å²) in [6.07, 6.45) is 1.80. The number of benzene rings is 1. The summed E-state index contributed by atoms with van der Waals surface area (Å²) in [5.74, 6) is -0.471. The van der Waals surface area contributed by atoms with Crippen LogP contribution in [0.15, 0.2) is 18.3 Å². The zero-order valence-electron chi connectivity index (χ0n) is 12.0. The largest absolute Gasteiger partial charge is 0.494 e. The maximum atomic E-state index is 14.1. The summed E-state index contributed by atoms with van der Waals surface area (Å²) in [5.41, 5.74) is 0.624. The minimum absolute atomic E-state index is 0.100. The number of aliphatic hydroxyl groups excluding tert-OH is 1. The van der Waals surface area contributed by atoms with Crippen molar-refractivity contribution in [1.82, 2.24) is 15.0 Å². The smallest absolute Gasteiger partial charge is 0.172 e. The fourth-order valence-corrected chi connectivity index (χ4v) is 2.69. The third-order valence-electron chi connectivity index (χ3n) is 3.07. The van der Waals surface area contributed by atoms with Crippen LogP contribution in [0.3, 0.4) is 0 Å². The molecule has 5 nitrogen and oxygen atoms in total. The van der Waals surface area contributed by atoms with E-state index in [0.29, 0.717) is 5.69 Å². The van der Waals surface area contributed by atoms with Crippen molar-refractivity contribution in [3.63, 3.8) is 0 Å². The first kappa shape index (κ1) is 14.7. The highest BCUT2D eigenvalue weighted by atomic mass is 28.3. The molecule has 0 bridgehead atoms. The molecule has 0 aliphatic rings. The number of ether oxygens (including phenoxy) is 1. The highest BCUT2D eigenvalue weighted by Crippen LogP contribution is 2.25. The molecule has 0 atom stereocenters. The normalized spacial score (nSPS) is 11.7. The van der Waals surface area contributed by atoms with Gasteiger partial charge in [0.25, 0.3) is 0 Å². The summed E-state index contributed by atoms with van der Waals surface area (Å²) in [6, 6.07) is 3.18. The number of halogens is 1. The van der Waals surface area contributed by atoms with Crippen LogP contribution in [0.25, 0.3) is 5.69 Å². The summed E-state index contributed by atoms with van der Waals surface area (Å²) in [5, 5.41) is 18.5. The Bertz CT molecular complexity index is 623. The van der Waals surface area contributed by atoms with Crippen LogP contribution in [0.5, 0.6) is 5.75 Å². The monoisotopic (exact) mass is 295 g/mol.